The Morgan fingerprint density at radius 3 is 3.15 bits per heavy atom. The Balaban J connectivity index is 2.12. The van der Waals surface area contributed by atoms with Gasteiger partial charge in [-0.25, -0.2) is 4.79 Å². The van der Waals surface area contributed by atoms with Crippen LogP contribution in [0, 0.1) is 5.92 Å². The molecule has 1 aliphatic heterocycles. The van der Waals surface area contributed by atoms with E-state index in [1.165, 1.54) is 24.4 Å². The zero-order chi connectivity index (χ0) is 9.26. The van der Waals surface area contributed by atoms with Crippen LogP contribution in [0.15, 0.2) is 4.79 Å². The fraction of sp³-hybridized carbons (Fsp3) is 0.750. The molecule has 2 rings (SSSR count). The van der Waals surface area contributed by atoms with Crippen molar-refractivity contribution in [2.24, 2.45) is 5.92 Å². The minimum Gasteiger partial charge on any atom is -0.347 e. The van der Waals surface area contributed by atoms with Gasteiger partial charge in [-0.2, -0.15) is 4.98 Å². The van der Waals surface area contributed by atoms with E-state index in [2.05, 4.69) is 21.2 Å². The number of hydrogen-bond donors (Lipinski definition) is 1. The molecule has 0 bridgehead atoms. The molecule has 1 saturated heterocycles. The lowest BCUT2D eigenvalue weighted by Gasteiger charge is -2.29. The summed E-state index contributed by atoms with van der Waals surface area (Å²) in [5.41, 5.74) is -0.224. The summed E-state index contributed by atoms with van der Waals surface area (Å²) in [6.07, 6.45) is 2.49. The molecule has 5 heteroatoms. The summed E-state index contributed by atoms with van der Waals surface area (Å²) in [4.78, 5) is 16.9. The lowest BCUT2D eigenvalue weighted by molar-refractivity contribution is 0.446. The number of nitrogens with one attached hydrogen (secondary N) is 1. The molecule has 0 spiro atoms. The highest BCUT2D eigenvalue weighted by atomic mass is 32.1. The van der Waals surface area contributed by atoms with Crippen molar-refractivity contribution in [3.05, 3.63) is 10.5 Å². The molecule has 0 radical (unpaired) electrons. The molecule has 1 atom stereocenters. The minimum atomic E-state index is -0.224. The van der Waals surface area contributed by atoms with Crippen molar-refractivity contribution in [3.8, 4) is 0 Å². The first-order valence-corrected chi connectivity index (χ1v) is 5.38. The fourth-order valence-electron chi connectivity index (χ4n) is 1.72. The second kappa shape index (κ2) is 3.49. The summed E-state index contributed by atoms with van der Waals surface area (Å²) in [6.45, 7) is 4.30. The van der Waals surface area contributed by atoms with Crippen molar-refractivity contribution in [2.75, 3.05) is 18.0 Å². The predicted molar refractivity (Wildman–Crippen MR) is 53.3 cm³/mol. The Labute approximate surface area is 80.8 Å². The van der Waals surface area contributed by atoms with Crippen LogP contribution in [0.2, 0.25) is 0 Å². The topological polar surface area (TPSA) is 49.0 Å². The van der Waals surface area contributed by atoms with Crippen molar-refractivity contribution >= 4 is 16.7 Å². The first kappa shape index (κ1) is 8.74. The quantitative estimate of drug-likeness (QED) is 0.736. The van der Waals surface area contributed by atoms with E-state index in [1.54, 1.807) is 0 Å². The molecule has 0 saturated carbocycles. The molecule has 72 valence electrons. The van der Waals surface area contributed by atoms with Crippen LogP contribution in [0.1, 0.15) is 19.8 Å². The maximum Gasteiger partial charge on any atom is 0.357 e. The molecule has 0 amide bonds. The summed E-state index contributed by atoms with van der Waals surface area (Å²) in [5.74, 6) is 0.716. The van der Waals surface area contributed by atoms with Crippen LogP contribution in [-0.4, -0.2) is 22.4 Å². The third-order valence-corrected chi connectivity index (χ3v) is 3.16. The number of hydrogen-bond acceptors (Lipinski definition) is 4. The average molecular weight is 199 g/mol. The van der Waals surface area contributed by atoms with Gasteiger partial charge in [0, 0.05) is 13.1 Å². The van der Waals surface area contributed by atoms with Crippen LogP contribution in [0.3, 0.4) is 0 Å². The van der Waals surface area contributed by atoms with Crippen molar-refractivity contribution in [1.29, 1.82) is 0 Å². The van der Waals surface area contributed by atoms with Crippen LogP contribution in [-0.2, 0) is 0 Å². The molecule has 0 aromatic carbocycles. The van der Waals surface area contributed by atoms with Gasteiger partial charge in [-0.15, -0.1) is 0 Å². The average Bonchev–Trinajstić information content (AvgIpc) is 2.52. The molecular weight excluding hydrogens is 186 g/mol. The van der Waals surface area contributed by atoms with Crippen LogP contribution < -0.4 is 10.6 Å². The zero-order valence-electron chi connectivity index (χ0n) is 7.62. The predicted octanol–water partition coefficient (Wildman–Crippen LogP) is 1.07. The molecule has 1 aromatic heterocycles. The molecule has 1 N–H and O–H groups in total. The Morgan fingerprint density at radius 2 is 2.54 bits per heavy atom. The molecular formula is C8H13N3OS. The maximum absolute atomic E-state index is 10.8. The molecule has 1 fully saturated rings. The zero-order valence-corrected chi connectivity index (χ0v) is 8.43. The Hall–Kier alpha value is -0.840. The molecule has 2 heterocycles. The number of aromatic amines is 1. The van der Waals surface area contributed by atoms with Gasteiger partial charge in [0.2, 0.25) is 5.13 Å². The maximum atomic E-state index is 10.8. The highest BCUT2D eigenvalue weighted by Gasteiger charge is 2.18. The van der Waals surface area contributed by atoms with E-state index in [9.17, 15) is 4.79 Å². The van der Waals surface area contributed by atoms with Crippen molar-refractivity contribution < 1.29 is 0 Å². The summed E-state index contributed by atoms with van der Waals surface area (Å²) >= 11 is 1.34. The fourth-order valence-corrected chi connectivity index (χ4v) is 2.37. The smallest absolute Gasteiger partial charge is 0.347 e. The monoisotopic (exact) mass is 199 g/mol. The molecule has 4 nitrogen and oxygen atoms in total. The van der Waals surface area contributed by atoms with E-state index in [4.69, 9.17) is 0 Å². The molecule has 1 unspecified atom stereocenters. The SMILES string of the molecule is CC1CCCN(c2nc(=O)[nH]s2)C1. The van der Waals surface area contributed by atoms with Gasteiger partial charge in [-0.05, 0) is 30.3 Å². The first-order chi connectivity index (χ1) is 6.25. The number of anilines is 1. The normalized spacial score (nSPS) is 23.5. The number of rotatable bonds is 1. The molecule has 13 heavy (non-hydrogen) atoms. The Bertz CT molecular complexity index is 332. The van der Waals surface area contributed by atoms with Gasteiger partial charge < -0.3 is 4.90 Å². The van der Waals surface area contributed by atoms with E-state index >= 15 is 0 Å². The summed E-state index contributed by atoms with van der Waals surface area (Å²) < 4.78 is 2.61. The highest BCUT2D eigenvalue weighted by molar-refractivity contribution is 7.09. The van der Waals surface area contributed by atoms with Gasteiger partial charge in [0.1, 0.15) is 0 Å². The molecule has 1 aromatic rings. The largest absolute Gasteiger partial charge is 0.357 e. The highest BCUT2D eigenvalue weighted by Crippen LogP contribution is 2.21. The standard InChI is InChI=1S/C8H13N3OS/c1-6-3-2-4-11(5-6)8-9-7(12)10-13-8/h6H,2-5H2,1H3,(H,10,12). The summed E-state index contributed by atoms with van der Waals surface area (Å²) in [7, 11) is 0. The number of piperidine rings is 1. The third-order valence-electron chi connectivity index (χ3n) is 2.35. The second-order valence-corrected chi connectivity index (χ2v) is 4.37. The van der Waals surface area contributed by atoms with E-state index < -0.39 is 0 Å². The van der Waals surface area contributed by atoms with Gasteiger partial charge in [0.15, 0.2) is 0 Å². The summed E-state index contributed by atoms with van der Waals surface area (Å²) in [5, 5.41) is 0.844. The van der Waals surface area contributed by atoms with Crippen molar-refractivity contribution in [3.63, 3.8) is 0 Å². The number of aromatic nitrogens is 2. The van der Waals surface area contributed by atoms with Gasteiger partial charge in [-0.3, -0.25) is 4.37 Å². The van der Waals surface area contributed by atoms with Gasteiger partial charge >= 0.3 is 5.69 Å². The first-order valence-electron chi connectivity index (χ1n) is 4.56. The van der Waals surface area contributed by atoms with Gasteiger partial charge in [0.25, 0.3) is 0 Å². The Kier molecular flexibility index (Phi) is 2.35. The molecule has 1 aliphatic rings. The number of nitrogens with zero attached hydrogens (tertiary/aromatic N) is 2. The van der Waals surface area contributed by atoms with E-state index in [0.29, 0.717) is 5.92 Å². The summed E-state index contributed by atoms with van der Waals surface area (Å²) in [6, 6.07) is 0. The van der Waals surface area contributed by atoms with Crippen LogP contribution in [0.4, 0.5) is 5.13 Å². The minimum absolute atomic E-state index is 0.224. The van der Waals surface area contributed by atoms with E-state index in [-0.39, 0.29) is 5.69 Å². The van der Waals surface area contributed by atoms with E-state index in [1.807, 2.05) is 0 Å². The van der Waals surface area contributed by atoms with Crippen LogP contribution in [0.25, 0.3) is 0 Å². The van der Waals surface area contributed by atoms with Crippen LogP contribution >= 0.6 is 11.5 Å². The second-order valence-electron chi connectivity index (χ2n) is 3.60. The molecule has 0 aliphatic carbocycles. The lowest BCUT2D eigenvalue weighted by Crippen LogP contribution is -2.34. The van der Waals surface area contributed by atoms with Crippen LogP contribution in [0.5, 0.6) is 0 Å². The lowest BCUT2D eigenvalue weighted by atomic mass is 10.0. The van der Waals surface area contributed by atoms with Crippen molar-refractivity contribution in [2.45, 2.75) is 19.8 Å². The Morgan fingerprint density at radius 1 is 1.69 bits per heavy atom. The van der Waals surface area contributed by atoms with Gasteiger partial charge in [-0.1, -0.05) is 6.92 Å². The number of H-pyrrole nitrogens is 1. The third kappa shape index (κ3) is 1.91. The van der Waals surface area contributed by atoms with Crippen molar-refractivity contribution in [1.82, 2.24) is 9.36 Å². The van der Waals surface area contributed by atoms with Gasteiger partial charge in [0.05, 0.1) is 0 Å². The van der Waals surface area contributed by atoms with E-state index in [0.717, 1.165) is 18.2 Å².